The SMILES string of the molecule is Cn1cc(Br)cc1C(=O)NCC1CCOCC1. The highest BCUT2D eigenvalue weighted by Crippen LogP contribution is 2.15. The fraction of sp³-hybridized carbons (Fsp3) is 0.583. The molecule has 1 fully saturated rings. The Hall–Kier alpha value is -0.810. The van der Waals surface area contributed by atoms with Gasteiger partial charge in [-0.15, -0.1) is 0 Å². The van der Waals surface area contributed by atoms with Crippen molar-refractivity contribution in [1.29, 1.82) is 0 Å². The van der Waals surface area contributed by atoms with E-state index in [-0.39, 0.29) is 5.91 Å². The van der Waals surface area contributed by atoms with Crippen LogP contribution in [0.25, 0.3) is 0 Å². The van der Waals surface area contributed by atoms with Gasteiger partial charge >= 0.3 is 0 Å². The largest absolute Gasteiger partial charge is 0.381 e. The molecule has 0 spiro atoms. The summed E-state index contributed by atoms with van der Waals surface area (Å²) in [4.78, 5) is 11.9. The summed E-state index contributed by atoms with van der Waals surface area (Å²) in [6.45, 7) is 2.37. The quantitative estimate of drug-likeness (QED) is 0.927. The average Bonchev–Trinajstić information content (AvgIpc) is 2.67. The van der Waals surface area contributed by atoms with Crippen LogP contribution in [0.3, 0.4) is 0 Å². The fourth-order valence-corrected chi connectivity index (χ4v) is 2.55. The molecule has 1 aliphatic heterocycles. The maximum Gasteiger partial charge on any atom is 0.267 e. The minimum atomic E-state index is -0.00954. The summed E-state index contributed by atoms with van der Waals surface area (Å²) >= 11 is 3.36. The van der Waals surface area contributed by atoms with Crippen LogP contribution in [-0.4, -0.2) is 30.2 Å². The first-order chi connectivity index (χ1) is 8.16. The number of carbonyl (C=O) groups is 1. The number of nitrogens with zero attached hydrogens (tertiary/aromatic N) is 1. The van der Waals surface area contributed by atoms with E-state index >= 15 is 0 Å². The van der Waals surface area contributed by atoms with E-state index in [4.69, 9.17) is 4.74 Å². The van der Waals surface area contributed by atoms with Crippen LogP contribution in [0.5, 0.6) is 0 Å². The summed E-state index contributed by atoms with van der Waals surface area (Å²) in [7, 11) is 1.87. The number of aromatic nitrogens is 1. The molecule has 0 bridgehead atoms. The van der Waals surface area contributed by atoms with Gasteiger partial charge in [-0.05, 0) is 40.8 Å². The highest BCUT2D eigenvalue weighted by molar-refractivity contribution is 9.10. The smallest absolute Gasteiger partial charge is 0.267 e. The molecule has 17 heavy (non-hydrogen) atoms. The molecule has 1 aromatic rings. The summed E-state index contributed by atoms with van der Waals surface area (Å²) in [6, 6.07) is 1.83. The Morgan fingerprint density at radius 2 is 2.29 bits per heavy atom. The summed E-state index contributed by atoms with van der Waals surface area (Å²) in [6.07, 6.45) is 3.96. The summed E-state index contributed by atoms with van der Waals surface area (Å²) in [5.41, 5.74) is 0.684. The Morgan fingerprint density at radius 3 is 2.88 bits per heavy atom. The highest BCUT2D eigenvalue weighted by atomic mass is 79.9. The Balaban J connectivity index is 1.86. The Labute approximate surface area is 109 Å². The van der Waals surface area contributed by atoms with Crippen molar-refractivity contribution in [2.24, 2.45) is 13.0 Å². The fourth-order valence-electron chi connectivity index (χ4n) is 2.03. The minimum Gasteiger partial charge on any atom is -0.381 e. The van der Waals surface area contributed by atoms with E-state index in [0.717, 1.165) is 37.1 Å². The number of nitrogens with one attached hydrogen (secondary N) is 1. The lowest BCUT2D eigenvalue weighted by atomic mass is 10.0. The molecule has 0 aliphatic carbocycles. The Morgan fingerprint density at radius 1 is 1.59 bits per heavy atom. The number of amides is 1. The van der Waals surface area contributed by atoms with Gasteiger partial charge in [0.15, 0.2) is 0 Å². The monoisotopic (exact) mass is 300 g/mol. The molecule has 1 aromatic heterocycles. The van der Waals surface area contributed by atoms with E-state index in [0.29, 0.717) is 11.6 Å². The number of carbonyl (C=O) groups excluding carboxylic acids is 1. The van der Waals surface area contributed by atoms with Crippen LogP contribution >= 0.6 is 15.9 Å². The van der Waals surface area contributed by atoms with Crippen LogP contribution < -0.4 is 5.32 Å². The first-order valence-electron chi connectivity index (χ1n) is 5.84. The lowest BCUT2D eigenvalue weighted by Gasteiger charge is -2.22. The van der Waals surface area contributed by atoms with Crippen molar-refractivity contribution >= 4 is 21.8 Å². The van der Waals surface area contributed by atoms with Gasteiger partial charge in [-0.2, -0.15) is 0 Å². The molecule has 1 aliphatic rings. The van der Waals surface area contributed by atoms with E-state index < -0.39 is 0 Å². The third-order valence-corrected chi connectivity index (χ3v) is 3.53. The predicted molar refractivity (Wildman–Crippen MR) is 69.0 cm³/mol. The van der Waals surface area contributed by atoms with E-state index in [1.807, 2.05) is 23.9 Å². The lowest BCUT2D eigenvalue weighted by Crippen LogP contribution is -2.33. The predicted octanol–water partition coefficient (Wildman–Crippen LogP) is 1.94. The van der Waals surface area contributed by atoms with E-state index in [2.05, 4.69) is 21.2 Å². The number of ether oxygens (including phenoxy) is 1. The first kappa shape index (κ1) is 12.6. The van der Waals surface area contributed by atoms with E-state index in [1.54, 1.807) is 0 Å². The van der Waals surface area contributed by atoms with Crippen LogP contribution in [0.15, 0.2) is 16.7 Å². The zero-order valence-electron chi connectivity index (χ0n) is 9.91. The second-order valence-electron chi connectivity index (χ2n) is 4.42. The van der Waals surface area contributed by atoms with Crippen molar-refractivity contribution in [2.45, 2.75) is 12.8 Å². The Bertz CT molecular complexity index is 397. The van der Waals surface area contributed by atoms with Crippen molar-refractivity contribution in [2.75, 3.05) is 19.8 Å². The molecule has 1 N–H and O–H groups in total. The lowest BCUT2D eigenvalue weighted by molar-refractivity contribution is 0.0641. The third-order valence-electron chi connectivity index (χ3n) is 3.10. The third kappa shape index (κ3) is 3.33. The summed E-state index contributed by atoms with van der Waals surface area (Å²) in [5.74, 6) is 0.543. The average molecular weight is 301 g/mol. The zero-order chi connectivity index (χ0) is 12.3. The summed E-state index contributed by atoms with van der Waals surface area (Å²) < 4.78 is 8.04. The van der Waals surface area contributed by atoms with Gasteiger partial charge in [-0.3, -0.25) is 4.79 Å². The van der Waals surface area contributed by atoms with Crippen molar-refractivity contribution in [3.05, 3.63) is 22.4 Å². The molecule has 0 saturated carbocycles. The summed E-state index contributed by atoms with van der Waals surface area (Å²) in [5, 5.41) is 2.99. The highest BCUT2D eigenvalue weighted by Gasteiger charge is 2.16. The number of hydrogen-bond donors (Lipinski definition) is 1. The molecule has 2 heterocycles. The molecule has 4 nitrogen and oxygen atoms in total. The van der Waals surface area contributed by atoms with Gasteiger partial charge in [0.2, 0.25) is 0 Å². The molecule has 0 unspecified atom stereocenters. The first-order valence-corrected chi connectivity index (χ1v) is 6.64. The van der Waals surface area contributed by atoms with Crippen LogP contribution in [0.2, 0.25) is 0 Å². The molecule has 1 amide bonds. The Kier molecular flexibility index (Phi) is 4.23. The molecule has 1 saturated heterocycles. The number of rotatable bonds is 3. The van der Waals surface area contributed by atoms with E-state index in [9.17, 15) is 4.79 Å². The van der Waals surface area contributed by atoms with Gasteiger partial charge in [0.25, 0.3) is 5.91 Å². The molecule has 0 atom stereocenters. The normalized spacial score (nSPS) is 17.1. The van der Waals surface area contributed by atoms with Crippen LogP contribution in [0.4, 0.5) is 0 Å². The number of hydrogen-bond acceptors (Lipinski definition) is 2. The second-order valence-corrected chi connectivity index (χ2v) is 5.34. The standard InChI is InChI=1S/C12H17BrN2O2/c1-15-8-10(13)6-11(15)12(16)14-7-9-2-4-17-5-3-9/h6,8-9H,2-5,7H2,1H3,(H,14,16). The topological polar surface area (TPSA) is 43.3 Å². The van der Waals surface area contributed by atoms with Crippen LogP contribution in [0.1, 0.15) is 23.3 Å². The van der Waals surface area contributed by atoms with Crippen molar-refractivity contribution in [1.82, 2.24) is 9.88 Å². The van der Waals surface area contributed by atoms with Crippen molar-refractivity contribution in [3.8, 4) is 0 Å². The maximum absolute atomic E-state index is 11.9. The molecule has 0 radical (unpaired) electrons. The molecular weight excluding hydrogens is 284 g/mol. The van der Waals surface area contributed by atoms with Crippen molar-refractivity contribution in [3.63, 3.8) is 0 Å². The molecule has 94 valence electrons. The van der Waals surface area contributed by atoms with Crippen LogP contribution in [-0.2, 0) is 11.8 Å². The van der Waals surface area contributed by atoms with Gasteiger partial charge in [0.1, 0.15) is 5.69 Å². The van der Waals surface area contributed by atoms with Gasteiger partial charge in [0.05, 0.1) is 0 Å². The maximum atomic E-state index is 11.9. The minimum absolute atomic E-state index is 0.00954. The van der Waals surface area contributed by atoms with Crippen LogP contribution in [0, 0.1) is 5.92 Å². The molecule has 2 rings (SSSR count). The van der Waals surface area contributed by atoms with Gasteiger partial charge < -0.3 is 14.6 Å². The van der Waals surface area contributed by atoms with Crippen molar-refractivity contribution < 1.29 is 9.53 Å². The van der Waals surface area contributed by atoms with Gasteiger partial charge in [-0.1, -0.05) is 0 Å². The van der Waals surface area contributed by atoms with E-state index in [1.165, 1.54) is 0 Å². The zero-order valence-corrected chi connectivity index (χ0v) is 11.5. The molecule has 5 heteroatoms. The second kappa shape index (κ2) is 5.69. The van der Waals surface area contributed by atoms with Gasteiger partial charge in [0, 0.05) is 37.5 Å². The molecular formula is C12H17BrN2O2. The van der Waals surface area contributed by atoms with Gasteiger partial charge in [-0.25, -0.2) is 0 Å². The number of aryl methyl sites for hydroxylation is 1. The molecule has 0 aromatic carbocycles. The number of halogens is 1.